The largest absolute Gasteiger partial charge is 0.385 e. The molecule has 1 heterocycles. The van der Waals surface area contributed by atoms with Crippen LogP contribution in [0.2, 0.25) is 0 Å². The van der Waals surface area contributed by atoms with Gasteiger partial charge in [-0.25, -0.2) is 0 Å². The van der Waals surface area contributed by atoms with Gasteiger partial charge in [0.2, 0.25) is 11.8 Å². The number of carbonyl (C=O) groups excluding carboxylic acids is 2. The van der Waals surface area contributed by atoms with Crippen molar-refractivity contribution in [3.05, 3.63) is 0 Å². The molecule has 21 heavy (non-hydrogen) atoms. The summed E-state index contributed by atoms with van der Waals surface area (Å²) in [7, 11) is 1.70. The van der Waals surface area contributed by atoms with Crippen molar-refractivity contribution in [2.45, 2.75) is 58.5 Å². The Morgan fingerprint density at radius 1 is 1.33 bits per heavy atom. The van der Waals surface area contributed by atoms with Crippen LogP contribution in [0.1, 0.15) is 47.0 Å². The first kappa shape index (κ1) is 16.3. The summed E-state index contributed by atoms with van der Waals surface area (Å²) in [5.41, 5.74) is -0.647. The second kappa shape index (κ2) is 5.59. The van der Waals surface area contributed by atoms with E-state index in [-0.39, 0.29) is 29.2 Å². The molecule has 1 N–H and O–H groups in total. The molecule has 0 aromatic rings. The molecule has 5 nitrogen and oxygen atoms in total. The lowest BCUT2D eigenvalue weighted by molar-refractivity contribution is -0.156. The van der Waals surface area contributed by atoms with E-state index in [0.717, 1.165) is 19.3 Å². The van der Waals surface area contributed by atoms with E-state index in [4.69, 9.17) is 4.74 Å². The summed E-state index contributed by atoms with van der Waals surface area (Å²) in [6.07, 6.45) is 3.19. The van der Waals surface area contributed by atoms with Gasteiger partial charge in [0.05, 0.1) is 0 Å². The maximum atomic E-state index is 12.8. The molecule has 0 aromatic heterocycles. The van der Waals surface area contributed by atoms with Crippen molar-refractivity contribution in [3.63, 3.8) is 0 Å². The Hall–Kier alpha value is -1.10. The second-order valence-electron chi connectivity index (χ2n) is 7.48. The highest BCUT2D eigenvalue weighted by Gasteiger charge is 2.51. The first-order valence-corrected chi connectivity index (χ1v) is 7.84. The lowest BCUT2D eigenvalue weighted by Crippen LogP contribution is -2.69. The summed E-state index contributed by atoms with van der Waals surface area (Å²) < 4.78 is 5.19. The normalized spacial score (nSPS) is 27.0. The highest BCUT2D eigenvalue weighted by molar-refractivity contribution is 5.99. The lowest BCUT2D eigenvalue weighted by atomic mass is 9.89. The van der Waals surface area contributed by atoms with Crippen molar-refractivity contribution in [3.8, 4) is 0 Å². The molecule has 120 valence electrons. The van der Waals surface area contributed by atoms with Crippen LogP contribution in [0, 0.1) is 11.3 Å². The first-order chi connectivity index (χ1) is 9.72. The highest BCUT2D eigenvalue weighted by atomic mass is 16.5. The van der Waals surface area contributed by atoms with Gasteiger partial charge in [0.1, 0.15) is 11.6 Å². The van der Waals surface area contributed by atoms with Crippen LogP contribution in [0.15, 0.2) is 0 Å². The fourth-order valence-corrected chi connectivity index (χ4v) is 3.24. The predicted molar refractivity (Wildman–Crippen MR) is 80.7 cm³/mol. The molecule has 1 aliphatic carbocycles. The van der Waals surface area contributed by atoms with Gasteiger partial charge in [-0.05, 0) is 44.4 Å². The molecule has 1 saturated heterocycles. The summed E-state index contributed by atoms with van der Waals surface area (Å²) in [6, 6.07) is -0.356. The average Bonchev–Trinajstić information content (AvgIpc) is 3.12. The highest BCUT2D eigenvalue weighted by Crippen LogP contribution is 2.50. The van der Waals surface area contributed by atoms with Gasteiger partial charge in [0.15, 0.2) is 0 Å². The quantitative estimate of drug-likeness (QED) is 0.809. The van der Waals surface area contributed by atoms with Gasteiger partial charge in [0, 0.05) is 20.3 Å². The zero-order valence-corrected chi connectivity index (χ0v) is 13.9. The third kappa shape index (κ3) is 3.23. The summed E-state index contributed by atoms with van der Waals surface area (Å²) in [5, 5.41) is 2.86. The van der Waals surface area contributed by atoms with Gasteiger partial charge in [-0.1, -0.05) is 13.8 Å². The molecular weight excluding hydrogens is 268 g/mol. The number of nitrogens with zero attached hydrogens (tertiary/aromatic N) is 1. The molecule has 5 heteroatoms. The van der Waals surface area contributed by atoms with E-state index >= 15 is 0 Å². The van der Waals surface area contributed by atoms with Crippen molar-refractivity contribution < 1.29 is 14.3 Å². The molecule has 1 atom stereocenters. The van der Waals surface area contributed by atoms with Crippen LogP contribution >= 0.6 is 0 Å². The summed E-state index contributed by atoms with van der Waals surface area (Å²) >= 11 is 0. The molecule has 2 amide bonds. The third-order valence-corrected chi connectivity index (χ3v) is 4.77. The van der Waals surface area contributed by atoms with Crippen molar-refractivity contribution in [2.24, 2.45) is 11.3 Å². The second-order valence-corrected chi connectivity index (χ2v) is 7.48. The molecule has 1 aliphatic heterocycles. The minimum atomic E-state index is -0.806. The van der Waals surface area contributed by atoms with Gasteiger partial charge in [-0.15, -0.1) is 0 Å². The number of ether oxygens (including phenoxy) is 1. The molecule has 0 spiro atoms. The van der Waals surface area contributed by atoms with E-state index in [0.29, 0.717) is 13.2 Å². The Morgan fingerprint density at radius 2 is 1.95 bits per heavy atom. The van der Waals surface area contributed by atoms with Crippen LogP contribution in [0.5, 0.6) is 0 Å². The molecule has 0 aromatic carbocycles. The SMILES string of the molecule is COCCC1(CN2C(=O)C(C)(C)NC(=O)C2C(C)C)CC1. The number of piperazine rings is 1. The molecule has 2 aliphatic rings. The van der Waals surface area contributed by atoms with Crippen LogP contribution in [-0.4, -0.2) is 48.6 Å². The third-order valence-electron chi connectivity index (χ3n) is 4.77. The van der Waals surface area contributed by atoms with Crippen LogP contribution in [0.25, 0.3) is 0 Å². The van der Waals surface area contributed by atoms with Crippen molar-refractivity contribution >= 4 is 11.8 Å². The van der Waals surface area contributed by atoms with E-state index in [1.807, 2.05) is 18.7 Å². The predicted octanol–water partition coefficient (Wildman–Crippen LogP) is 1.56. The Morgan fingerprint density at radius 3 is 2.43 bits per heavy atom. The van der Waals surface area contributed by atoms with E-state index in [1.54, 1.807) is 21.0 Å². The number of nitrogens with one attached hydrogen (secondary N) is 1. The zero-order chi connectivity index (χ0) is 15.8. The summed E-state index contributed by atoms with van der Waals surface area (Å²) in [4.78, 5) is 27.0. The minimum absolute atomic E-state index is 0.0304. The number of hydrogen-bond acceptors (Lipinski definition) is 3. The average molecular weight is 296 g/mol. The Labute approximate surface area is 127 Å². The van der Waals surface area contributed by atoms with Gasteiger partial charge >= 0.3 is 0 Å². The topological polar surface area (TPSA) is 58.6 Å². The molecule has 2 fully saturated rings. The van der Waals surface area contributed by atoms with Crippen LogP contribution < -0.4 is 5.32 Å². The van der Waals surface area contributed by atoms with E-state index < -0.39 is 5.54 Å². The fourth-order valence-electron chi connectivity index (χ4n) is 3.24. The van der Waals surface area contributed by atoms with E-state index in [9.17, 15) is 9.59 Å². The lowest BCUT2D eigenvalue weighted by Gasteiger charge is -2.45. The van der Waals surface area contributed by atoms with E-state index in [2.05, 4.69) is 5.32 Å². The van der Waals surface area contributed by atoms with Crippen molar-refractivity contribution in [1.82, 2.24) is 10.2 Å². The van der Waals surface area contributed by atoms with Gasteiger partial charge in [0.25, 0.3) is 0 Å². The first-order valence-electron chi connectivity index (χ1n) is 7.84. The van der Waals surface area contributed by atoms with Crippen LogP contribution in [-0.2, 0) is 14.3 Å². The molecule has 0 bridgehead atoms. The van der Waals surface area contributed by atoms with Crippen LogP contribution in [0.4, 0.5) is 0 Å². The summed E-state index contributed by atoms with van der Waals surface area (Å²) in [6.45, 7) is 8.95. The molecule has 1 unspecified atom stereocenters. The molecular formula is C16H28N2O3. The minimum Gasteiger partial charge on any atom is -0.385 e. The van der Waals surface area contributed by atoms with E-state index in [1.165, 1.54) is 0 Å². The number of methoxy groups -OCH3 is 1. The van der Waals surface area contributed by atoms with Gasteiger partial charge < -0.3 is 15.0 Å². The van der Waals surface area contributed by atoms with Gasteiger partial charge in [-0.2, -0.15) is 0 Å². The Bertz CT molecular complexity index is 427. The number of carbonyl (C=O) groups is 2. The smallest absolute Gasteiger partial charge is 0.248 e. The Kier molecular flexibility index (Phi) is 4.34. The zero-order valence-electron chi connectivity index (χ0n) is 13.9. The fraction of sp³-hybridized carbons (Fsp3) is 0.875. The number of hydrogen-bond donors (Lipinski definition) is 1. The molecule has 2 rings (SSSR count). The molecule has 0 radical (unpaired) electrons. The van der Waals surface area contributed by atoms with Crippen molar-refractivity contribution in [2.75, 3.05) is 20.3 Å². The number of rotatable bonds is 6. The number of amides is 2. The van der Waals surface area contributed by atoms with Crippen molar-refractivity contribution in [1.29, 1.82) is 0 Å². The monoisotopic (exact) mass is 296 g/mol. The maximum absolute atomic E-state index is 12.8. The maximum Gasteiger partial charge on any atom is 0.248 e. The summed E-state index contributed by atoms with van der Waals surface area (Å²) in [5.74, 6) is 0.116. The van der Waals surface area contributed by atoms with Gasteiger partial charge in [-0.3, -0.25) is 9.59 Å². The molecule has 1 saturated carbocycles. The Balaban J connectivity index is 2.19. The standard InChI is InChI=1S/C16H28N2O3/c1-11(2)12-13(19)17-15(3,4)14(20)18(12)10-16(6-7-16)8-9-21-5/h11-12H,6-10H2,1-5H3,(H,17,19). The van der Waals surface area contributed by atoms with Crippen LogP contribution in [0.3, 0.4) is 0 Å².